The van der Waals surface area contributed by atoms with E-state index in [0.29, 0.717) is 12.4 Å². The van der Waals surface area contributed by atoms with Crippen LogP contribution in [0.4, 0.5) is 0 Å². The van der Waals surface area contributed by atoms with Crippen molar-refractivity contribution in [3.8, 4) is 5.75 Å². The Morgan fingerprint density at radius 2 is 2.16 bits per heavy atom. The number of hydrogen-bond acceptors (Lipinski definition) is 4. The van der Waals surface area contributed by atoms with Crippen LogP contribution in [-0.2, 0) is 6.42 Å². The number of nitrogens with zero attached hydrogens (tertiary/aromatic N) is 2. The van der Waals surface area contributed by atoms with E-state index in [9.17, 15) is 0 Å². The van der Waals surface area contributed by atoms with E-state index in [4.69, 9.17) is 16.0 Å². The fourth-order valence-corrected chi connectivity index (χ4v) is 2.20. The molecule has 1 aromatic carbocycles. The lowest BCUT2D eigenvalue weighted by Crippen LogP contribution is -2.40. The standard InChI is InChI=1S/C14H20N4O/c1-19-13-7-5-11(6-8-13)3-2-4-12-9-18(16)10-17-14(12)15/h5-8,10,12,15H,2-4,9,16H2,1H3. The fourth-order valence-electron chi connectivity index (χ4n) is 2.20. The molecule has 0 saturated carbocycles. The van der Waals surface area contributed by atoms with Gasteiger partial charge in [0.1, 0.15) is 17.9 Å². The highest BCUT2D eigenvalue weighted by Crippen LogP contribution is 2.17. The van der Waals surface area contributed by atoms with Crippen LogP contribution in [0.1, 0.15) is 18.4 Å². The largest absolute Gasteiger partial charge is 0.497 e. The molecule has 1 aliphatic rings. The van der Waals surface area contributed by atoms with Crippen molar-refractivity contribution in [2.24, 2.45) is 16.8 Å². The number of benzene rings is 1. The lowest BCUT2D eigenvalue weighted by molar-refractivity contribution is 0.378. The second kappa shape index (κ2) is 6.33. The van der Waals surface area contributed by atoms with Gasteiger partial charge in [-0.25, -0.2) is 10.8 Å². The number of nitrogens with two attached hydrogens (primary N) is 1. The van der Waals surface area contributed by atoms with E-state index in [-0.39, 0.29) is 5.92 Å². The molecule has 1 aromatic rings. The van der Waals surface area contributed by atoms with Crippen LogP contribution in [0, 0.1) is 11.3 Å². The third-order valence-electron chi connectivity index (χ3n) is 3.34. The van der Waals surface area contributed by atoms with Crippen LogP contribution in [0.15, 0.2) is 29.3 Å². The minimum atomic E-state index is 0.147. The third-order valence-corrected chi connectivity index (χ3v) is 3.34. The Kier molecular flexibility index (Phi) is 4.52. The molecule has 1 atom stereocenters. The van der Waals surface area contributed by atoms with Crippen LogP contribution in [0.5, 0.6) is 5.75 Å². The van der Waals surface area contributed by atoms with Gasteiger partial charge in [0, 0.05) is 12.5 Å². The second-order valence-corrected chi connectivity index (χ2v) is 4.76. The zero-order valence-corrected chi connectivity index (χ0v) is 11.2. The molecular formula is C14H20N4O. The minimum absolute atomic E-state index is 0.147. The van der Waals surface area contributed by atoms with Crippen molar-refractivity contribution in [3.63, 3.8) is 0 Å². The lowest BCUT2D eigenvalue weighted by atomic mass is 9.97. The molecule has 0 fully saturated rings. The summed E-state index contributed by atoms with van der Waals surface area (Å²) < 4.78 is 5.13. The molecule has 5 heteroatoms. The maximum absolute atomic E-state index is 7.78. The van der Waals surface area contributed by atoms with E-state index in [0.717, 1.165) is 25.0 Å². The van der Waals surface area contributed by atoms with Crippen molar-refractivity contribution >= 4 is 12.2 Å². The first kappa shape index (κ1) is 13.5. The Labute approximate surface area is 113 Å². The molecule has 3 N–H and O–H groups in total. The van der Waals surface area contributed by atoms with E-state index in [1.54, 1.807) is 12.1 Å². The van der Waals surface area contributed by atoms with Crippen LogP contribution in [0.2, 0.25) is 0 Å². The molecule has 2 rings (SSSR count). The normalized spacial score (nSPS) is 18.7. The first-order chi connectivity index (χ1) is 9.19. The predicted molar refractivity (Wildman–Crippen MR) is 76.5 cm³/mol. The second-order valence-electron chi connectivity index (χ2n) is 4.76. The molecule has 0 amide bonds. The molecule has 0 spiro atoms. The number of ether oxygens (including phenoxy) is 1. The summed E-state index contributed by atoms with van der Waals surface area (Å²) >= 11 is 0. The molecule has 1 aliphatic heterocycles. The first-order valence-electron chi connectivity index (χ1n) is 6.46. The molecule has 5 nitrogen and oxygen atoms in total. The van der Waals surface area contributed by atoms with Crippen molar-refractivity contribution in [2.45, 2.75) is 19.3 Å². The number of hydrogen-bond donors (Lipinski definition) is 2. The Hall–Kier alpha value is -1.88. The van der Waals surface area contributed by atoms with Gasteiger partial charge >= 0.3 is 0 Å². The van der Waals surface area contributed by atoms with Crippen molar-refractivity contribution in [1.82, 2.24) is 5.01 Å². The molecule has 0 radical (unpaired) electrons. The number of methoxy groups -OCH3 is 1. The summed E-state index contributed by atoms with van der Waals surface area (Å²) in [6.07, 6.45) is 4.49. The highest BCUT2D eigenvalue weighted by Gasteiger charge is 2.19. The Morgan fingerprint density at radius 1 is 1.42 bits per heavy atom. The van der Waals surface area contributed by atoms with Gasteiger partial charge < -0.3 is 9.75 Å². The molecule has 1 heterocycles. The maximum Gasteiger partial charge on any atom is 0.127 e. The summed E-state index contributed by atoms with van der Waals surface area (Å²) in [4.78, 5) is 3.98. The van der Waals surface area contributed by atoms with Crippen LogP contribution in [0.25, 0.3) is 0 Å². The Morgan fingerprint density at radius 3 is 2.84 bits per heavy atom. The van der Waals surface area contributed by atoms with Gasteiger partial charge in [-0.3, -0.25) is 5.41 Å². The predicted octanol–water partition coefficient (Wildman–Crippen LogP) is 1.83. The number of rotatable bonds is 5. The Bertz CT molecular complexity index is 455. The van der Waals surface area contributed by atoms with Gasteiger partial charge in [-0.05, 0) is 37.0 Å². The third kappa shape index (κ3) is 3.79. The van der Waals surface area contributed by atoms with Gasteiger partial charge in [0.15, 0.2) is 0 Å². The Balaban J connectivity index is 1.79. The first-order valence-corrected chi connectivity index (χ1v) is 6.46. The molecule has 0 bridgehead atoms. The van der Waals surface area contributed by atoms with E-state index >= 15 is 0 Å². The zero-order valence-electron chi connectivity index (χ0n) is 11.2. The molecule has 0 aliphatic carbocycles. The van der Waals surface area contributed by atoms with Gasteiger partial charge in [-0.1, -0.05) is 12.1 Å². The smallest absolute Gasteiger partial charge is 0.127 e. The molecule has 102 valence electrons. The monoisotopic (exact) mass is 260 g/mol. The van der Waals surface area contributed by atoms with Crippen molar-refractivity contribution in [2.75, 3.05) is 13.7 Å². The number of aryl methyl sites for hydroxylation is 1. The average molecular weight is 260 g/mol. The zero-order chi connectivity index (χ0) is 13.7. The van der Waals surface area contributed by atoms with Gasteiger partial charge in [0.2, 0.25) is 0 Å². The summed E-state index contributed by atoms with van der Waals surface area (Å²) in [5.41, 5.74) is 1.29. The lowest BCUT2D eigenvalue weighted by Gasteiger charge is -2.25. The molecule has 0 aromatic heterocycles. The summed E-state index contributed by atoms with van der Waals surface area (Å²) in [5, 5.41) is 9.33. The summed E-state index contributed by atoms with van der Waals surface area (Å²) in [7, 11) is 1.67. The highest BCUT2D eigenvalue weighted by molar-refractivity contribution is 5.90. The van der Waals surface area contributed by atoms with Crippen LogP contribution < -0.4 is 10.6 Å². The fraction of sp³-hybridized carbons (Fsp3) is 0.429. The van der Waals surface area contributed by atoms with E-state index in [1.807, 2.05) is 12.1 Å². The summed E-state index contributed by atoms with van der Waals surface area (Å²) in [6.45, 7) is 0.685. The van der Waals surface area contributed by atoms with Gasteiger partial charge in [0.25, 0.3) is 0 Å². The summed E-state index contributed by atoms with van der Waals surface area (Å²) in [5.74, 6) is 7.14. The van der Waals surface area contributed by atoms with Crippen molar-refractivity contribution < 1.29 is 4.74 Å². The molecular weight excluding hydrogens is 240 g/mol. The van der Waals surface area contributed by atoms with Crippen LogP contribution >= 0.6 is 0 Å². The number of aliphatic imine (C=N–C) groups is 1. The van der Waals surface area contributed by atoms with Gasteiger partial charge in [0.05, 0.1) is 7.11 Å². The van der Waals surface area contributed by atoms with Crippen molar-refractivity contribution in [1.29, 1.82) is 5.41 Å². The quantitative estimate of drug-likeness (QED) is 0.793. The van der Waals surface area contributed by atoms with E-state index in [2.05, 4.69) is 17.1 Å². The van der Waals surface area contributed by atoms with Crippen LogP contribution in [0.3, 0.4) is 0 Å². The van der Waals surface area contributed by atoms with Gasteiger partial charge in [-0.15, -0.1) is 0 Å². The summed E-state index contributed by atoms with van der Waals surface area (Å²) in [6, 6.07) is 8.12. The molecule has 1 unspecified atom stereocenters. The molecule has 19 heavy (non-hydrogen) atoms. The maximum atomic E-state index is 7.78. The minimum Gasteiger partial charge on any atom is -0.497 e. The number of amidine groups is 1. The SMILES string of the molecule is COc1ccc(CCCC2CN(N)C=NC2=N)cc1. The average Bonchev–Trinajstić information content (AvgIpc) is 2.43. The topological polar surface area (TPSA) is 74.7 Å². The van der Waals surface area contributed by atoms with Crippen LogP contribution in [-0.4, -0.2) is 30.8 Å². The molecule has 0 saturated heterocycles. The number of hydrazine groups is 1. The van der Waals surface area contributed by atoms with E-state index in [1.165, 1.54) is 11.9 Å². The highest BCUT2D eigenvalue weighted by atomic mass is 16.5. The number of nitrogens with one attached hydrogen (secondary N) is 1. The van der Waals surface area contributed by atoms with Gasteiger partial charge in [-0.2, -0.15) is 0 Å². The van der Waals surface area contributed by atoms with E-state index < -0.39 is 0 Å². The van der Waals surface area contributed by atoms with Crippen molar-refractivity contribution in [3.05, 3.63) is 29.8 Å².